The van der Waals surface area contributed by atoms with Gasteiger partial charge in [-0.1, -0.05) is 6.07 Å². The SMILES string of the molecule is COc1cccc(-n2cc(-c3cn[nH]c3)ccc2=O)c1. The van der Waals surface area contributed by atoms with Crippen LogP contribution in [-0.2, 0) is 0 Å². The maximum Gasteiger partial charge on any atom is 0.255 e. The van der Waals surface area contributed by atoms with Gasteiger partial charge in [-0.2, -0.15) is 5.10 Å². The summed E-state index contributed by atoms with van der Waals surface area (Å²) in [6, 6.07) is 10.7. The number of hydrogen-bond donors (Lipinski definition) is 1. The van der Waals surface area contributed by atoms with Gasteiger partial charge in [-0.3, -0.25) is 14.5 Å². The van der Waals surface area contributed by atoms with E-state index in [-0.39, 0.29) is 5.56 Å². The maximum absolute atomic E-state index is 12.0. The Kier molecular flexibility index (Phi) is 3.09. The predicted molar refractivity (Wildman–Crippen MR) is 76.2 cm³/mol. The summed E-state index contributed by atoms with van der Waals surface area (Å²) in [5, 5.41) is 6.68. The number of H-pyrrole nitrogens is 1. The van der Waals surface area contributed by atoms with Crippen LogP contribution in [-0.4, -0.2) is 21.9 Å². The minimum Gasteiger partial charge on any atom is -0.497 e. The molecular weight excluding hydrogens is 254 g/mol. The number of aromatic nitrogens is 3. The summed E-state index contributed by atoms with van der Waals surface area (Å²) in [4.78, 5) is 12.0. The highest BCUT2D eigenvalue weighted by Crippen LogP contribution is 2.19. The van der Waals surface area contributed by atoms with Gasteiger partial charge in [0.05, 0.1) is 19.0 Å². The van der Waals surface area contributed by atoms with Crippen molar-refractivity contribution >= 4 is 0 Å². The van der Waals surface area contributed by atoms with Crippen LogP contribution in [0.5, 0.6) is 5.75 Å². The minimum atomic E-state index is -0.0921. The van der Waals surface area contributed by atoms with Crippen molar-refractivity contribution in [3.05, 3.63) is 65.3 Å². The van der Waals surface area contributed by atoms with Gasteiger partial charge >= 0.3 is 0 Å². The van der Waals surface area contributed by atoms with Gasteiger partial charge in [-0.25, -0.2) is 0 Å². The topological polar surface area (TPSA) is 59.9 Å². The summed E-state index contributed by atoms with van der Waals surface area (Å²) >= 11 is 0. The Morgan fingerprint density at radius 2 is 2.10 bits per heavy atom. The molecule has 0 bridgehead atoms. The van der Waals surface area contributed by atoms with E-state index in [1.54, 1.807) is 42.4 Å². The Balaban J connectivity index is 2.13. The standard InChI is InChI=1S/C15H13N3O2/c1-20-14-4-2-3-13(7-14)18-10-11(5-6-15(18)19)12-8-16-17-9-12/h2-10H,1H3,(H,16,17). The lowest BCUT2D eigenvalue weighted by atomic mass is 10.1. The Morgan fingerprint density at radius 1 is 1.20 bits per heavy atom. The number of ether oxygens (including phenoxy) is 1. The average Bonchev–Trinajstić information content (AvgIpc) is 3.02. The molecule has 0 saturated carbocycles. The fraction of sp³-hybridized carbons (Fsp3) is 0.0667. The molecule has 0 aliphatic rings. The number of hydrogen-bond acceptors (Lipinski definition) is 3. The lowest BCUT2D eigenvalue weighted by Gasteiger charge is -2.09. The number of rotatable bonds is 3. The van der Waals surface area contributed by atoms with Gasteiger partial charge in [0.2, 0.25) is 0 Å². The monoisotopic (exact) mass is 267 g/mol. The lowest BCUT2D eigenvalue weighted by Crippen LogP contribution is -2.16. The van der Waals surface area contributed by atoms with Crippen molar-refractivity contribution in [1.29, 1.82) is 0 Å². The van der Waals surface area contributed by atoms with E-state index in [0.717, 1.165) is 16.8 Å². The normalized spacial score (nSPS) is 10.4. The molecule has 5 nitrogen and oxygen atoms in total. The Morgan fingerprint density at radius 3 is 2.85 bits per heavy atom. The molecule has 0 aliphatic carbocycles. The largest absolute Gasteiger partial charge is 0.497 e. The predicted octanol–water partition coefficient (Wildman–Crippen LogP) is 2.24. The average molecular weight is 267 g/mol. The first-order valence-electron chi connectivity index (χ1n) is 6.14. The molecule has 0 radical (unpaired) electrons. The van der Waals surface area contributed by atoms with E-state index in [1.165, 1.54) is 0 Å². The van der Waals surface area contributed by atoms with Gasteiger partial charge in [0.1, 0.15) is 5.75 Å². The van der Waals surface area contributed by atoms with Gasteiger partial charge in [0, 0.05) is 35.7 Å². The summed E-state index contributed by atoms with van der Waals surface area (Å²) in [5.41, 5.74) is 2.52. The molecule has 0 aliphatic heterocycles. The number of aromatic amines is 1. The van der Waals surface area contributed by atoms with Crippen molar-refractivity contribution in [2.24, 2.45) is 0 Å². The number of nitrogens with one attached hydrogen (secondary N) is 1. The summed E-state index contributed by atoms with van der Waals surface area (Å²) in [7, 11) is 1.60. The third kappa shape index (κ3) is 2.21. The van der Waals surface area contributed by atoms with E-state index in [0.29, 0.717) is 5.75 Å². The Hall–Kier alpha value is -2.82. The zero-order valence-electron chi connectivity index (χ0n) is 10.9. The molecule has 0 fully saturated rings. The van der Waals surface area contributed by atoms with E-state index < -0.39 is 0 Å². The van der Waals surface area contributed by atoms with Crippen molar-refractivity contribution in [3.8, 4) is 22.6 Å². The fourth-order valence-corrected chi connectivity index (χ4v) is 2.03. The van der Waals surface area contributed by atoms with Crippen LogP contribution >= 0.6 is 0 Å². The highest BCUT2D eigenvalue weighted by molar-refractivity contribution is 5.61. The second-order valence-electron chi connectivity index (χ2n) is 4.31. The van der Waals surface area contributed by atoms with Crippen LogP contribution in [0.2, 0.25) is 0 Å². The van der Waals surface area contributed by atoms with Crippen molar-refractivity contribution in [2.75, 3.05) is 7.11 Å². The van der Waals surface area contributed by atoms with Gasteiger partial charge in [-0.05, 0) is 18.2 Å². The number of nitrogens with zero attached hydrogens (tertiary/aromatic N) is 2. The van der Waals surface area contributed by atoms with Gasteiger partial charge in [0.15, 0.2) is 0 Å². The first kappa shape index (κ1) is 12.2. The zero-order chi connectivity index (χ0) is 13.9. The summed E-state index contributed by atoms with van der Waals surface area (Å²) in [6.45, 7) is 0. The Bertz CT molecular complexity index is 776. The molecule has 0 amide bonds. The Labute approximate surface area is 115 Å². The third-order valence-electron chi connectivity index (χ3n) is 3.07. The fourth-order valence-electron chi connectivity index (χ4n) is 2.03. The van der Waals surface area contributed by atoms with E-state index in [9.17, 15) is 4.79 Å². The molecule has 2 heterocycles. The van der Waals surface area contributed by atoms with Crippen LogP contribution in [0.3, 0.4) is 0 Å². The molecule has 0 saturated heterocycles. The van der Waals surface area contributed by atoms with Crippen LogP contribution in [0.25, 0.3) is 16.8 Å². The molecule has 0 spiro atoms. The van der Waals surface area contributed by atoms with Gasteiger partial charge in [0.25, 0.3) is 5.56 Å². The molecule has 0 atom stereocenters. The van der Waals surface area contributed by atoms with E-state index >= 15 is 0 Å². The second-order valence-corrected chi connectivity index (χ2v) is 4.31. The molecule has 1 N–H and O–H groups in total. The molecule has 3 aromatic rings. The second kappa shape index (κ2) is 5.05. The highest BCUT2D eigenvalue weighted by atomic mass is 16.5. The number of pyridine rings is 1. The smallest absolute Gasteiger partial charge is 0.255 e. The van der Waals surface area contributed by atoms with E-state index in [1.807, 2.05) is 24.3 Å². The van der Waals surface area contributed by atoms with Crippen LogP contribution < -0.4 is 10.3 Å². The van der Waals surface area contributed by atoms with E-state index in [2.05, 4.69) is 10.2 Å². The molecule has 100 valence electrons. The van der Waals surface area contributed by atoms with Crippen molar-refractivity contribution < 1.29 is 4.74 Å². The van der Waals surface area contributed by atoms with Crippen molar-refractivity contribution in [1.82, 2.24) is 14.8 Å². The molecule has 1 aromatic carbocycles. The van der Waals surface area contributed by atoms with Gasteiger partial charge in [-0.15, -0.1) is 0 Å². The molecule has 2 aromatic heterocycles. The summed E-state index contributed by atoms with van der Waals surface area (Å²) in [6.07, 6.45) is 5.30. The summed E-state index contributed by atoms with van der Waals surface area (Å²) < 4.78 is 6.78. The van der Waals surface area contributed by atoms with Crippen molar-refractivity contribution in [2.45, 2.75) is 0 Å². The molecule has 20 heavy (non-hydrogen) atoms. The first-order valence-corrected chi connectivity index (χ1v) is 6.14. The minimum absolute atomic E-state index is 0.0921. The van der Waals surface area contributed by atoms with Crippen LogP contribution in [0, 0.1) is 0 Å². The molecular formula is C15H13N3O2. The maximum atomic E-state index is 12.0. The lowest BCUT2D eigenvalue weighted by molar-refractivity contribution is 0.414. The highest BCUT2D eigenvalue weighted by Gasteiger charge is 2.05. The molecule has 3 rings (SSSR count). The van der Waals surface area contributed by atoms with Crippen molar-refractivity contribution in [3.63, 3.8) is 0 Å². The van der Waals surface area contributed by atoms with E-state index in [4.69, 9.17) is 4.74 Å². The van der Waals surface area contributed by atoms with Gasteiger partial charge < -0.3 is 4.74 Å². The molecule has 0 unspecified atom stereocenters. The van der Waals surface area contributed by atoms with Crippen LogP contribution in [0.15, 0.2) is 59.8 Å². The molecule has 5 heteroatoms. The number of methoxy groups -OCH3 is 1. The zero-order valence-corrected chi connectivity index (χ0v) is 10.9. The quantitative estimate of drug-likeness (QED) is 0.791. The third-order valence-corrected chi connectivity index (χ3v) is 3.07. The van der Waals surface area contributed by atoms with Crippen LogP contribution in [0.1, 0.15) is 0 Å². The summed E-state index contributed by atoms with van der Waals surface area (Å²) in [5.74, 6) is 0.711. The van der Waals surface area contributed by atoms with Crippen LogP contribution in [0.4, 0.5) is 0 Å². The number of benzene rings is 1. The first-order chi connectivity index (χ1) is 9.78.